The van der Waals surface area contributed by atoms with Crippen LogP contribution in [0.15, 0.2) is 0 Å². The van der Waals surface area contributed by atoms with Crippen molar-refractivity contribution in [3.8, 4) is 0 Å². The fourth-order valence-electron chi connectivity index (χ4n) is 2.79. The fourth-order valence-corrected chi connectivity index (χ4v) is 3.13. The summed E-state index contributed by atoms with van der Waals surface area (Å²) in [5.74, 6) is 0. The number of aromatic amines is 1. The van der Waals surface area contributed by atoms with Gasteiger partial charge >= 0.3 is 0 Å². The summed E-state index contributed by atoms with van der Waals surface area (Å²) >= 11 is 5.45. The van der Waals surface area contributed by atoms with Crippen LogP contribution in [0.1, 0.15) is 18.2 Å². The van der Waals surface area contributed by atoms with Crippen LogP contribution in [0.25, 0.3) is 11.2 Å². The molecule has 6 heteroatoms. The lowest BCUT2D eigenvalue weighted by molar-refractivity contribution is 0.392. The Balaban J connectivity index is 2.21. The second-order valence-corrected chi connectivity index (χ2v) is 5.30. The molecule has 1 fully saturated rings. The summed E-state index contributed by atoms with van der Waals surface area (Å²) in [6.45, 7) is 4.21. The molecule has 1 atom stereocenters. The van der Waals surface area contributed by atoms with E-state index in [0.717, 1.165) is 41.1 Å². The molecule has 5 nitrogen and oxygen atoms in total. The molecule has 2 aromatic heterocycles. The van der Waals surface area contributed by atoms with Gasteiger partial charge in [0.2, 0.25) is 0 Å². The van der Waals surface area contributed by atoms with Crippen molar-refractivity contribution >= 4 is 23.4 Å². The Kier molecular flexibility index (Phi) is 2.38. The minimum absolute atomic E-state index is 0.469. The lowest BCUT2D eigenvalue weighted by Gasteiger charge is -2.13. The zero-order valence-corrected chi connectivity index (χ0v) is 11.2. The summed E-state index contributed by atoms with van der Waals surface area (Å²) < 4.78 is 4.97. The van der Waals surface area contributed by atoms with Crippen molar-refractivity contribution in [2.45, 2.75) is 19.4 Å². The summed E-state index contributed by atoms with van der Waals surface area (Å²) in [6, 6.07) is 0.469. The van der Waals surface area contributed by atoms with E-state index >= 15 is 0 Å². The first-order valence-corrected chi connectivity index (χ1v) is 6.31. The normalized spacial score (nSPS) is 21.7. The van der Waals surface area contributed by atoms with Gasteiger partial charge in [0.15, 0.2) is 10.4 Å². The average Bonchev–Trinajstić information content (AvgIpc) is 2.87. The van der Waals surface area contributed by atoms with Crippen molar-refractivity contribution in [2.24, 2.45) is 7.05 Å². The summed E-state index contributed by atoms with van der Waals surface area (Å²) in [4.78, 5) is 5.63. The molecule has 0 radical (unpaired) electrons. The molecule has 2 aromatic rings. The quantitative estimate of drug-likeness (QED) is 0.783. The van der Waals surface area contributed by atoms with E-state index in [0.29, 0.717) is 6.04 Å². The average molecular weight is 251 g/mol. The number of imidazole rings is 1. The van der Waals surface area contributed by atoms with Crippen LogP contribution >= 0.6 is 12.2 Å². The number of nitrogens with zero attached hydrogens (tertiary/aromatic N) is 4. The minimum atomic E-state index is 0.469. The molecule has 1 aliphatic rings. The van der Waals surface area contributed by atoms with E-state index in [1.165, 1.54) is 0 Å². The molecule has 3 rings (SSSR count). The largest absolute Gasteiger partial charge is 0.328 e. The first kappa shape index (κ1) is 11.0. The monoisotopic (exact) mass is 251 g/mol. The maximum absolute atomic E-state index is 5.45. The smallest absolute Gasteiger partial charge is 0.179 e. The zero-order valence-electron chi connectivity index (χ0n) is 10.4. The third kappa shape index (κ3) is 1.55. The van der Waals surface area contributed by atoms with Gasteiger partial charge in [-0.25, -0.2) is 0 Å². The molecule has 0 aliphatic carbocycles. The van der Waals surface area contributed by atoms with E-state index in [1.54, 1.807) is 0 Å². The van der Waals surface area contributed by atoms with E-state index in [1.807, 2.05) is 18.7 Å². The molecule has 0 amide bonds. The molecule has 1 saturated heterocycles. The Bertz CT molecular complexity index is 620. The molecule has 1 aliphatic heterocycles. The number of hydrogen-bond acceptors (Lipinski definition) is 3. The number of nitrogens with one attached hydrogen (secondary N) is 1. The van der Waals surface area contributed by atoms with Gasteiger partial charge < -0.3 is 9.88 Å². The molecule has 0 aromatic carbocycles. The van der Waals surface area contributed by atoms with E-state index in [4.69, 9.17) is 12.2 Å². The first-order chi connectivity index (χ1) is 8.08. The van der Waals surface area contributed by atoms with E-state index < -0.39 is 0 Å². The number of likely N-dealkylation sites (N-methyl/N-ethyl adjacent to an activating group) is 1. The number of hydrogen-bond donors (Lipinski definition) is 1. The van der Waals surface area contributed by atoms with E-state index in [2.05, 4.69) is 26.6 Å². The van der Waals surface area contributed by atoms with E-state index in [-0.39, 0.29) is 0 Å². The van der Waals surface area contributed by atoms with Gasteiger partial charge in [0.05, 0.1) is 11.7 Å². The van der Waals surface area contributed by atoms with Crippen LogP contribution in [-0.2, 0) is 7.05 Å². The van der Waals surface area contributed by atoms with Gasteiger partial charge in [-0.2, -0.15) is 5.10 Å². The molecule has 3 heterocycles. The Morgan fingerprint density at radius 2 is 2.18 bits per heavy atom. The highest BCUT2D eigenvalue weighted by atomic mass is 32.1. The minimum Gasteiger partial charge on any atom is -0.328 e. The summed E-state index contributed by atoms with van der Waals surface area (Å²) in [5.41, 5.74) is 3.21. The SMILES string of the molecule is Cc1nn(C)c2c1[nH]c(=S)n2C1CCN(C)C1. The maximum Gasteiger partial charge on any atom is 0.179 e. The van der Waals surface area contributed by atoms with Crippen LogP contribution in [-0.4, -0.2) is 44.4 Å². The topological polar surface area (TPSA) is 41.8 Å². The second-order valence-electron chi connectivity index (χ2n) is 4.91. The van der Waals surface area contributed by atoms with Crippen molar-refractivity contribution in [2.75, 3.05) is 20.1 Å². The third-order valence-corrected chi connectivity index (χ3v) is 3.90. The molecule has 1 unspecified atom stereocenters. The van der Waals surface area contributed by atoms with Crippen molar-refractivity contribution in [3.63, 3.8) is 0 Å². The van der Waals surface area contributed by atoms with E-state index in [9.17, 15) is 0 Å². The molecule has 0 bridgehead atoms. The number of H-pyrrole nitrogens is 1. The number of fused-ring (bicyclic) bond motifs is 1. The first-order valence-electron chi connectivity index (χ1n) is 5.90. The lowest BCUT2D eigenvalue weighted by Crippen LogP contribution is -2.17. The number of rotatable bonds is 1. The Morgan fingerprint density at radius 1 is 1.41 bits per heavy atom. The molecule has 92 valence electrons. The summed E-state index contributed by atoms with van der Waals surface area (Å²) in [5, 5.41) is 4.45. The molecular formula is C11H17N5S. The van der Waals surface area contributed by atoms with Gasteiger partial charge in [-0.05, 0) is 39.2 Å². The predicted molar refractivity (Wildman–Crippen MR) is 69.8 cm³/mol. The maximum atomic E-state index is 5.45. The van der Waals surface area contributed by atoms with Gasteiger partial charge in [0.25, 0.3) is 0 Å². The van der Waals surface area contributed by atoms with Gasteiger partial charge in [0.1, 0.15) is 5.52 Å². The van der Waals surface area contributed by atoms with Crippen molar-refractivity contribution in [1.82, 2.24) is 24.2 Å². The fraction of sp³-hybridized carbons (Fsp3) is 0.636. The van der Waals surface area contributed by atoms with Crippen molar-refractivity contribution in [3.05, 3.63) is 10.5 Å². The molecule has 1 N–H and O–H groups in total. The number of likely N-dealkylation sites (tertiary alicyclic amines) is 1. The molecular weight excluding hydrogens is 234 g/mol. The Labute approximate surface area is 105 Å². The van der Waals surface area contributed by atoms with Crippen LogP contribution in [0.3, 0.4) is 0 Å². The molecule has 17 heavy (non-hydrogen) atoms. The van der Waals surface area contributed by atoms with Crippen molar-refractivity contribution in [1.29, 1.82) is 0 Å². The van der Waals surface area contributed by atoms with Crippen LogP contribution in [0.2, 0.25) is 0 Å². The molecule has 0 saturated carbocycles. The zero-order chi connectivity index (χ0) is 12.2. The van der Waals surface area contributed by atoms with Crippen LogP contribution in [0, 0.1) is 11.7 Å². The van der Waals surface area contributed by atoms with Crippen LogP contribution < -0.4 is 0 Å². The summed E-state index contributed by atoms with van der Waals surface area (Å²) in [7, 11) is 4.13. The lowest BCUT2D eigenvalue weighted by atomic mass is 10.2. The highest BCUT2D eigenvalue weighted by Crippen LogP contribution is 2.26. The Morgan fingerprint density at radius 3 is 2.82 bits per heavy atom. The highest BCUT2D eigenvalue weighted by molar-refractivity contribution is 7.71. The number of aryl methyl sites for hydroxylation is 2. The highest BCUT2D eigenvalue weighted by Gasteiger charge is 2.25. The van der Waals surface area contributed by atoms with Gasteiger partial charge in [-0.3, -0.25) is 9.25 Å². The van der Waals surface area contributed by atoms with Crippen molar-refractivity contribution < 1.29 is 0 Å². The number of aromatic nitrogens is 4. The predicted octanol–water partition coefficient (Wildman–Crippen LogP) is 1.62. The van der Waals surface area contributed by atoms with Gasteiger partial charge in [-0.1, -0.05) is 0 Å². The van der Waals surface area contributed by atoms with Crippen LogP contribution in [0.4, 0.5) is 0 Å². The molecule has 0 spiro atoms. The Hall–Kier alpha value is -1.14. The van der Waals surface area contributed by atoms with Gasteiger partial charge in [-0.15, -0.1) is 0 Å². The third-order valence-electron chi connectivity index (χ3n) is 3.60. The van der Waals surface area contributed by atoms with Crippen LogP contribution in [0.5, 0.6) is 0 Å². The van der Waals surface area contributed by atoms with Gasteiger partial charge in [0, 0.05) is 13.6 Å². The standard InChI is InChI=1S/C11H17N5S/c1-7-9-10(15(3)13-7)16(11(17)12-9)8-4-5-14(2)6-8/h8H,4-6H2,1-3H3,(H,12,17). The second kappa shape index (κ2) is 3.68. The summed E-state index contributed by atoms with van der Waals surface area (Å²) in [6.07, 6.45) is 1.15.